The van der Waals surface area contributed by atoms with Crippen LogP contribution >= 0.6 is 10.3 Å². The van der Waals surface area contributed by atoms with Crippen LogP contribution in [0, 0.1) is 5.41 Å². The molecule has 1 saturated carbocycles. The van der Waals surface area contributed by atoms with Gasteiger partial charge in [0.1, 0.15) is 5.78 Å². The van der Waals surface area contributed by atoms with Crippen LogP contribution in [-0.2, 0) is 18.5 Å². The average Bonchev–Trinajstić information content (AvgIpc) is 2.36. The van der Waals surface area contributed by atoms with Crippen molar-refractivity contribution >= 4 is 26.2 Å². The van der Waals surface area contributed by atoms with Crippen LogP contribution in [0.3, 0.4) is 0 Å². The molecule has 1 aliphatic carbocycles. The van der Waals surface area contributed by atoms with Gasteiger partial charge in [0.25, 0.3) is 0 Å². The minimum atomic E-state index is -5.71. The SMILES string of the molecule is CC(C)(C)C(=O)CS(C)(OS(=O)(=O)C(F)(F)F)C1CCCCC1. The van der Waals surface area contributed by atoms with E-state index in [1.165, 1.54) is 6.26 Å². The monoisotopic (exact) mass is 378 g/mol. The summed E-state index contributed by atoms with van der Waals surface area (Å²) in [5.74, 6) is -0.547. The van der Waals surface area contributed by atoms with Gasteiger partial charge in [0, 0.05) is 10.7 Å². The third kappa shape index (κ3) is 5.35. The molecule has 1 aliphatic rings. The van der Waals surface area contributed by atoms with E-state index in [0.29, 0.717) is 12.8 Å². The fraction of sp³-hybridized carbons (Fsp3) is 0.929. The number of rotatable bonds is 5. The molecule has 1 fully saturated rings. The second-order valence-corrected chi connectivity index (χ2v) is 12.1. The van der Waals surface area contributed by atoms with Crippen LogP contribution < -0.4 is 0 Å². The minimum Gasteiger partial charge on any atom is -0.298 e. The Bertz CT molecular complexity index is 531. The van der Waals surface area contributed by atoms with Crippen molar-refractivity contribution < 1.29 is 30.0 Å². The van der Waals surface area contributed by atoms with Gasteiger partial charge >= 0.3 is 15.6 Å². The first-order chi connectivity index (χ1) is 10.2. The van der Waals surface area contributed by atoms with Crippen LogP contribution in [0.15, 0.2) is 0 Å². The Kier molecular flexibility index (Phi) is 6.24. The first-order valence-electron chi connectivity index (χ1n) is 7.49. The van der Waals surface area contributed by atoms with Crippen molar-refractivity contribution in [2.45, 2.75) is 63.6 Å². The number of hydrogen-bond acceptors (Lipinski definition) is 4. The Labute approximate surface area is 137 Å². The Hall–Kier alpha value is -0.280. The number of alkyl halides is 3. The van der Waals surface area contributed by atoms with Gasteiger partial charge in [-0.1, -0.05) is 40.0 Å². The molecule has 0 aromatic carbocycles. The molecule has 0 heterocycles. The lowest BCUT2D eigenvalue weighted by Crippen LogP contribution is -2.36. The van der Waals surface area contributed by atoms with E-state index in [4.69, 9.17) is 3.63 Å². The third-order valence-electron chi connectivity index (χ3n) is 4.04. The highest BCUT2D eigenvalue weighted by Gasteiger charge is 2.52. The van der Waals surface area contributed by atoms with Crippen molar-refractivity contribution in [3.63, 3.8) is 0 Å². The maximum atomic E-state index is 12.7. The summed E-state index contributed by atoms with van der Waals surface area (Å²) >= 11 is 0. The van der Waals surface area contributed by atoms with E-state index in [-0.39, 0.29) is 16.8 Å². The van der Waals surface area contributed by atoms with Gasteiger partial charge in [-0.3, -0.25) is 4.79 Å². The molecule has 1 atom stereocenters. The number of ketones is 1. The number of Topliss-reactive ketones (excluding diaryl/α,β-unsaturated/α-hetero) is 1. The standard InChI is InChI=1S/C14H25F3O4S2/c1-13(2,3)12(18)10-22(4,11-8-6-5-7-9-11)21-23(19,20)14(15,16)17/h11H,5-10H2,1-4H3. The van der Waals surface area contributed by atoms with Crippen LogP contribution in [0.25, 0.3) is 0 Å². The van der Waals surface area contributed by atoms with Crippen molar-refractivity contribution in [1.29, 1.82) is 0 Å². The summed E-state index contributed by atoms with van der Waals surface area (Å²) in [5.41, 5.74) is -6.23. The van der Waals surface area contributed by atoms with Gasteiger partial charge in [0.2, 0.25) is 0 Å². The molecule has 0 aromatic heterocycles. The molecule has 0 amide bonds. The van der Waals surface area contributed by atoms with Crippen LogP contribution in [0.5, 0.6) is 0 Å². The molecular weight excluding hydrogens is 353 g/mol. The zero-order chi connectivity index (χ0) is 18.1. The molecule has 0 bridgehead atoms. The molecule has 0 aromatic rings. The van der Waals surface area contributed by atoms with Crippen molar-refractivity contribution in [3.05, 3.63) is 0 Å². The normalized spacial score (nSPS) is 22.4. The molecule has 1 unspecified atom stereocenters. The lowest BCUT2D eigenvalue weighted by Gasteiger charge is -2.44. The van der Waals surface area contributed by atoms with E-state index >= 15 is 0 Å². The smallest absolute Gasteiger partial charge is 0.298 e. The summed E-state index contributed by atoms with van der Waals surface area (Å²) in [7, 11) is -8.43. The highest BCUT2D eigenvalue weighted by atomic mass is 32.3. The molecule has 0 spiro atoms. The van der Waals surface area contributed by atoms with Crippen molar-refractivity contribution in [2.24, 2.45) is 5.41 Å². The fourth-order valence-electron chi connectivity index (χ4n) is 2.48. The molecular formula is C14H25F3O4S2. The van der Waals surface area contributed by atoms with Crippen molar-refractivity contribution in [2.75, 3.05) is 12.0 Å². The number of carbonyl (C=O) groups is 1. The second kappa shape index (κ2) is 6.92. The predicted molar refractivity (Wildman–Crippen MR) is 85.8 cm³/mol. The van der Waals surface area contributed by atoms with E-state index in [0.717, 1.165) is 19.3 Å². The van der Waals surface area contributed by atoms with Crippen molar-refractivity contribution in [1.82, 2.24) is 0 Å². The van der Waals surface area contributed by atoms with Gasteiger partial charge in [-0.05, 0) is 19.1 Å². The summed E-state index contributed by atoms with van der Waals surface area (Å²) in [4.78, 5) is 12.3. The molecule has 23 heavy (non-hydrogen) atoms. The van der Waals surface area contributed by atoms with Gasteiger partial charge in [0.15, 0.2) is 0 Å². The minimum absolute atomic E-state index is 0.267. The van der Waals surface area contributed by atoms with E-state index < -0.39 is 31.4 Å². The molecule has 0 saturated heterocycles. The Morgan fingerprint density at radius 2 is 1.57 bits per heavy atom. The zero-order valence-corrected chi connectivity index (χ0v) is 15.5. The number of halogens is 3. The van der Waals surface area contributed by atoms with E-state index in [2.05, 4.69) is 0 Å². The highest BCUT2D eigenvalue weighted by molar-refractivity contribution is 8.33. The fourth-order valence-corrected chi connectivity index (χ4v) is 7.58. The van der Waals surface area contributed by atoms with E-state index in [1.54, 1.807) is 20.8 Å². The van der Waals surface area contributed by atoms with Crippen LogP contribution in [0.1, 0.15) is 52.9 Å². The first kappa shape index (κ1) is 20.8. The van der Waals surface area contributed by atoms with Gasteiger partial charge < -0.3 is 0 Å². The molecule has 0 N–H and O–H groups in total. The van der Waals surface area contributed by atoms with Crippen LogP contribution in [0.2, 0.25) is 0 Å². The van der Waals surface area contributed by atoms with E-state index in [1.807, 2.05) is 0 Å². The Morgan fingerprint density at radius 3 is 1.96 bits per heavy atom. The number of hydrogen-bond donors (Lipinski definition) is 0. The largest absolute Gasteiger partial charge is 0.523 e. The Balaban J connectivity index is 3.13. The third-order valence-corrected chi connectivity index (χ3v) is 9.28. The summed E-state index contributed by atoms with van der Waals surface area (Å²) in [5, 5.41) is -0.306. The van der Waals surface area contributed by atoms with Crippen molar-refractivity contribution in [3.8, 4) is 0 Å². The first-order valence-corrected chi connectivity index (χ1v) is 11.1. The quantitative estimate of drug-likeness (QED) is 0.674. The van der Waals surface area contributed by atoms with E-state index in [9.17, 15) is 26.4 Å². The summed E-state index contributed by atoms with van der Waals surface area (Å²) in [6.45, 7) is 4.98. The lowest BCUT2D eigenvalue weighted by molar-refractivity contribution is -0.123. The zero-order valence-electron chi connectivity index (χ0n) is 13.9. The maximum Gasteiger partial charge on any atom is 0.523 e. The summed E-state index contributed by atoms with van der Waals surface area (Å²) < 4.78 is 65.9. The average molecular weight is 378 g/mol. The summed E-state index contributed by atoms with van der Waals surface area (Å²) in [6, 6.07) is 0. The molecule has 1 rings (SSSR count). The van der Waals surface area contributed by atoms with Gasteiger partial charge in [0.05, 0.1) is 5.75 Å². The topological polar surface area (TPSA) is 60.4 Å². The molecule has 0 radical (unpaired) electrons. The molecule has 4 nitrogen and oxygen atoms in total. The van der Waals surface area contributed by atoms with Gasteiger partial charge in [-0.15, -0.1) is 10.3 Å². The van der Waals surface area contributed by atoms with Gasteiger partial charge in [-0.2, -0.15) is 21.6 Å². The molecule has 0 aliphatic heterocycles. The maximum absolute atomic E-state index is 12.7. The molecule has 138 valence electrons. The van der Waals surface area contributed by atoms with Gasteiger partial charge in [-0.25, -0.2) is 3.63 Å². The predicted octanol–water partition coefficient (Wildman–Crippen LogP) is 4.15. The Morgan fingerprint density at radius 1 is 1.09 bits per heavy atom. The lowest BCUT2D eigenvalue weighted by atomic mass is 9.92. The van der Waals surface area contributed by atoms with Crippen LogP contribution in [-0.4, -0.2) is 37.0 Å². The second-order valence-electron chi connectivity index (χ2n) is 7.12. The molecule has 9 heteroatoms. The summed E-state index contributed by atoms with van der Waals surface area (Å²) in [6.07, 6.45) is 5.17. The van der Waals surface area contributed by atoms with Crippen LogP contribution in [0.4, 0.5) is 13.2 Å². The highest BCUT2D eigenvalue weighted by Crippen LogP contribution is 2.58. The number of carbonyl (C=O) groups excluding carboxylic acids is 1.